The fraction of sp³-hybridized carbons (Fsp3) is 0.235. The highest BCUT2D eigenvalue weighted by molar-refractivity contribution is 5.89. The van der Waals surface area contributed by atoms with E-state index in [1.54, 1.807) is 24.3 Å². The maximum absolute atomic E-state index is 11.9. The second-order valence-corrected chi connectivity index (χ2v) is 5.52. The summed E-state index contributed by atoms with van der Waals surface area (Å²) in [5.41, 5.74) is 1.95. The maximum Gasteiger partial charge on any atom is 0.319 e. The van der Waals surface area contributed by atoms with Crippen molar-refractivity contribution in [2.75, 3.05) is 18.4 Å². The first-order valence-electron chi connectivity index (χ1n) is 7.32. The molecule has 1 saturated heterocycles. The van der Waals surface area contributed by atoms with Crippen molar-refractivity contribution in [1.82, 2.24) is 10.2 Å². The van der Waals surface area contributed by atoms with Crippen molar-refractivity contribution in [2.24, 2.45) is 0 Å². The number of hydrogen-bond acceptors (Lipinski definition) is 3. The van der Waals surface area contributed by atoms with E-state index < -0.39 is 0 Å². The molecule has 5 nitrogen and oxygen atoms in total. The summed E-state index contributed by atoms with van der Waals surface area (Å²) in [6.45, 7) is 2.63. The molecule has 1 aliphatic rings. The number of benzene rings is 2. The fourth-order valence-corrected chi connectivity index (χ4v) is 2.53. The van der Waals surface area contributed by atoms with Gasteiger partial charge in [-0.1, -0.05) is 30.3 Å². The summed E-state index contributed by atoms with van der Waals surface area (Å²) in [5, 5.41) is 14.9. The average molecular weight is 297 g/mol. The molecule has 0 radical (unpaired) electrons. The van der Waals surface area contributed by atoms with Crippen molar-refractivity contribution in [3.05, 3.63) is 60.2 Å². The van der Waals surface area contributed by atoms with Crippen LogP contribution in [-0.4, -0.2) is 35.2 Å². The number of aromatic hydroxyl groups is 1. The van der Waals surface area contributed by atoms with E-state index in [1.807, 2.05) is 18.2 Å². The van der Waals surface area contributed by atoms with Crippen LogP contribution in [-0.2, 0) is 6.54 Å². The quantitative estimate of drug-likeness (QED) is 0.759. The molecule has 5 heteroatoms. The SMILES string of the molecule is O=C(Nc1ccc(O)cc1)NC1CN(Cc2ccccc2)C1. The molecule has 114 valence electrons. The van der Waals surface area contributed by atoms with Gasteiger partial charge in [-0.3, -0.25) is 4.90 Å². The summed E-state index contributed by atoms with van der Waals surface area (Å²) in [5.74, 6) is 0.182. The zero-order valence-electron chi connectivity index (χ0n) is 12.2. The summed E-state index contributed by atoms with van der Waals surface area (Å²) < 4.78 is 0. The summed E-state index contributed by atoms with van der Waals surface area (Å²) >= 11 is 0. The Morgan fingerprint density at radius 3 is 2.45 bits per heavy atom. The van der Waals surface area contributed by atoms with Crippen molar-refractivity contribution in [3.8, 4) is 5.75 Å². The van der Waals surface area contributed by atoms with Gasteiger partial charge in [-0.15, -0.1) is 0 Å². The lowest BCUT2D eigenvalue weighted by Gasteiger charge is -2.39. The van der Waals surface area contributed by atoms with Gasteiger partial charge in [-0.2, -0.15) is 0 Å². The molecule has 22 heavy (non-hydrogen) atoms. The first kappa shape index (κ1) is 14.4. The molecule has 0 aromatic heterocycles. The number of phenolic OH excluding ortho intramolecular Hbond substituents is 1. The van der Waals surface area contributed by atoms with Crippen LogP contribution in [0.15, 0.2) is 54.6 Å². The van der Waals surface area contributed by atoms with Gasteiger partial charge in [0.15, 0.2) is 0 Å². The number of likely N-dealkylation sites (tertiary alicyclic amines) is 1. The van der Waals surface area contributed by atoms with E-state index in [-0.39, 0.29) is 17.8 Å². The van der Waals surface area contributed by atoms with E-state index in [9.17, 15) is 9.90 Å². The number of carbonyl (C=O) groups excluding carboxylic acids is 1. The van der Waals surface area contributed by atoms with Crippen LogP contribution in [0.3, 0.4) is 0 Å². The first-order valence-corrected chi connectivity index (χ1v) is 7.32. The maximum atomic E-state index is 11.9. The van der Waals surface area contributed by atoms with Crippen LogP contribution in [0.4, 0.5) is 10.5 Å². The molecule has 0 atom stereocenters. The van der Waals surface area contributed by atoms with Gasteiger partial charge in [0.2, 0.25) is 0 Å². The number of rotatable bonds is 4. The Bertz CT molecular complexity index is 622. The van der Waals surface area contributed by atoms with E-state index >= 15 is 0 Å². The zero-order chi connectivity index (χ0) is 15.4. The molecule has 0 aliphatic carbocycles. The number of nitrogens with zero attached hydrogens (tertiary/aromatic N) is 1. The van der Waals surface area contributed by atoms with Gasteiger partial charge in [0.25, 0.3) is 0 Å². The smallest absolute Gasteiger partial charge is 0.319 e. The summed E-state index contributed by atoms with van der Waals surface area (Å²) in [4.78, 5) is 14.2. The Hall–Kier alpha value is -2.53. The van der Waals surface area contributed by atoms with Gasteiger partial charge < -0.3 is 15.7 Å². The van der Waals surface area contributed by atoms with E-state index in [2.05, 4.69) is 27.7 Å². The van der Waals surface area contributed by atoms with Crippen LogP contribution >= 0.6 is 0 Å². The molecule has 2 amide bonds. The molecule has 1 heterocycles. The largest absolute Gasteiger partial charge is 0.508 e. The highest BCUT2D eigenvalue weighted by atomic mass is 16.3. The third-order valence-corrected chi connectivity index (χ3v) is 3.67. The number of nitrogens with one attached hydrogen (secondary N) is 2. The molecule has 2 aromatic carbocycles. The monoisotopic (exact) mass is 297 g/mol. The van der Waals surface area contributed by atoms with E-state index in [0.29, 0.717) is 5.69 Å². The topological polar surface area (TPSA) is 64.6 Å². The molecule has 3 rings (SSSR count). The molecule has 0 saturated carbocycles. The van der Waals surface area contributed by atoms with Crippen LogP contribution in [0.2, 0.25) is 0 Å². The molecular formula is C17H19N3O2. The molecule has 0 unspecified atom stereocenters. The van der Waals surface area contributed by atoms with Gasteiger partial charge in [-0.25, -0.2) is 4.79 Å². The van der Waals surface area contributed by atoms with E-state index in [1.165, 1.54) is 5.56 Å². The minimum absolute atomic E-state index is 0.181. The van der Waals surface area contributed by atoms with Crippen molar-refractivity contribution >= 4 is 11.7 Å². The average Bonchev–Trinajstić information content (AvgIpc) is 2.48. The van der Waals surface area contributed by atoms with Gasteiger partial charge in [0.05, 0.1) is 6.04 Å². The van der Waals surface area contributed by atoms with Crippen LogP contribution in [0, 0.1) is 0 Å². The summed E-state index contributed by atoms with van der Waals surface area (Å²) in [6.07, 6.45) is 0. The first-order chi connectivity index (χ1) is 10.7. The molecule has 1 aliphatic heterocycles. The van der Waals surface area contributed by atoms with Crippen LogP contribution in [0.1, 0.15) is 5.56 Å². The van der Waals surface area contributed by atoms with Gasteiger partial charge >= 0.3 is 6.03 Å². The number of urea groups is 1. The minimum atomic E-state index is -0.213. The number of hydrogen-bond donors (Lipinski definition) is 3. The highest BCUT2D eigenvalue weighted by Gasteiger charge is 2.27. The predicted octanol–water partition coefficient (Wildman–Crippen LogP) is 2.40. The van der Waals surface area contributed by atoms with E-state index in [4.69, 9.17) is 0 Å². The Labute approximate surface area is 129 Å². The van der Waals surface area contributed by atoms with Crippen molar-refractivity contribution in [3.63, 3.8) is 0 Å². The van der Waals surface area contributed by atoms with Gasteiger partial charge in [-0.05, 0) is 29.8 Å². The molecule has 1 fully saturated rings. The fourth-order valence-electron chi connectivity index (χ4n) is 2.53. The predicted molar refractivity (Wildman–Crippen MR) is 85.8 cm³/mol. The van der Waals surface area contributed by atoms with Gasteiger partial charge in [0, 0.05) is 25.3 Å². The van der Waals surface area contributed by atoms with Crippen LogP contribution in [0.5, 0.6) is 5.75 Å². The van der Waals surface area contributed by atoms with Crippen LogP contribution in [0.25, 0.3) is 0 Å². The molecular weight excluding hydrogens is 278 g/mol. The third kappa shape index (κ3) is 3.77. The second-order valence-electron chi connectivity index (χ2n) is 5.52. The Morgan fingerprint density at radius 2 is 1.77 bits per heavy atom. The Kier molecular flexibility index (Phi) is 4.25. The zero-order valence-corrected chi connectivity index (χ0v) is 12.2. The van der Waals surface area contributed by atoms with Crippen molar-refractivity contribution in [1.29, 1.82) is 0 Å². The second kappa shape index (κ2) is 6.49. The lowest BCUT2D eigenvalue weighted by molar-refractivity contribution is 0.124. The normalized spacial score (nSPS) is 15.1. The molecule has 0 bridgehead atoms. The lowest BCUT2D eigenvalue weighted by Crippen LogP contribution is -2.59. The molecule has 0 spiro atoms. The molecule has 3 N–H and O–H groups in total. The number of carbonyl (C=O) groups is 1. The van der Waals surface area contributed by atoms with Gasteiger partial charge in [0.1, 0.15) is 5.75 Å². The Balaban J connectivity index is 1.40. The number of anilines is 1. The molecule has 2 aromatic rings. The van der Waals surface area contributed by atoms with Crippen molar-refractivity contribution < 1.29 is 9.90 Å². The third-order valence-electron chi connectivity index (χ3n) is 3.67. The summed E-state index contributed by atoms with van der Waals surface area (Å²) in [6, 6.07) is 16.7. The standard InChI is InChI=1S/C17H19N3O2/c21-16-8-6-14(7-9-16)18-17(22)19-15-11-20(12-15)10-13-4-2-1-3-5-13/h1-9,15,21H,10-12H2,(H2,18,19,22). The highest BCUT2D eigenvalue weighted by Crippen LogP contribution is 2.15. The minimum Gasteiger partial charge on any atom is -0.508 e. The van der Waals surface area contributed by atoms with E-state index in [0.717, 1.165) is 19.6 Å². The Morgan fingerprint density at radius 1 is 1.09 bits per heavy atom. The van der Waals surface area contributed by atoms with Crippen LogP contribution < -0.4 is 10.6 Å². The lowest BCUT2D eigenvalue weighted by atomic mass is 10.1. The number of phenols is 1. The number of amides is 2. The van der Waals surface area contributed by atoms with Crippen molar-refractivity contribution in [2.45, 2.75) is 12.6 Å². The summed E-state index contributed by atoms with van der Waals surface area (Å²) in [7, 11) is 0.